The number of hydrogen-bond donors (Lipinski definition) is 1. The SMILES string of the molecule is C=C(C#CCC)O[B-](/C=C(/C/C=C/c1ccccc1)[NH+]1C(C)(C)CCCC1(C)C)(c1c(F)c(F)c(F)c(F)c1F)c1c(F)c(F)c(F)c(F)c1F. The van der Waals surface area contributed by atoms with Gasteiger partial charge in [0.1, 0.15) is 29.0 Å². The smallest absolute Gasteiger partial charge is 0.259 e. The summed E-state index contributed by atoms with van der Waals surface area (Å²) in [5.41, 5.74) is -4.76. The van der Waals surface area contributed by atoms with Crippen LogP contribution in [0.1, 0.15) is 72.3 Å². The molecule has 1 saturated heterocycles. The summed E-state index contributed by atoms with van der Waals surface area (Å²) in [5, 5.41) is 0. The Hall–Kier alpha value is -4.44. The zero-order valence-corrected chi connectivity index (χ0v) is 28.6. The van der Waals surface area contributed by atoms with Gasteiger partial charge in [0.05, 0.1) is 16.8 Å². The molecule has 0 saturated carbocycles. The van der Waals surface area contributed by atoms with E-state index in [1.807, 2.05) is 27.7 Å². The van der Waals surface area contributed by atoms with E-state index in [9.17, 15) is 8.78 Å². The molecule has 51 heavy (non-hydrogen) atoms. The second-order valence-corrected chi connectivity index (χ2v) is 13.7. The van der Waals surface area contributed by atoms with Crippen molar-refractivity contribution >= 4 is 23.4 Å². The van der Waals surface area contributed by atoms with Crippen LogP contribution in [0.4, 0.5) is 43.9 Å². The van der Waals surface area contributed by atoms with Gasteiger partial charge in [-0.15, -0.1) is 5.98 Å². The van der Waals surface area contributed by atoms with E-state index in [2.05, 4.69) is 18.4 Å². The maximum atomic E-state index is 16.1. The van der Waals surface area contributed by atoms with Crippen molar-refractivity contribution in [1.29, 1.82) is 0 Å². The number of quaternary nitrogens is 1. The zero-order chi connectivity index (χ0) is 38.1. The van der Waals surface area contributed by atoms with Gasteiger partial charge in [0.2, 0.25) is 0 Å². The molecule has 0 amide bonds. The van der Waals surface area contributed by atoms with Crippen LogP contribution in [0.3, 0.4) is 0 Å². The average molecular weight is 724 g/mol. The van der Waals surface area contributed by atoms with Gasteiger partial charge in [-0.25, -0.2) is 43.9 Å². The van der Waals surface area contributed by atoms with Crippen molar-refractivity contribution in [2.45, 2.75) is 77.8 Å². The molecule has 2 nitrogen and oxygen atoms in total. The molecular weight excluding hydrogens is 687 g/mol. The first-order chi connectivity index (χ1) is 23.8. The van der Waals surface area contributed by atoms with Crippen molar-refractivity contribution in [2.75, 3.05) is 0 Å². The molecule has 0 aliphatic carbocycles. The highest BCUT2D eigenvalue weighted by Gasteiger charge is 2.50. The van der Waals surface area contributed by atoms with E-state index in [1.165, 1.54) is 0 Å². The van der Waals surface area contributed by atoms with Gasteiger partial charge in [-0.05, 0) is 45.6 Å². The summed E-state index contributed by atoms with van der Waals surface area (Å²) in [4.78, 5) is 0.534. The molecule has 0 unspecified atom stereocenters. The summed E-state index contributed by atoms with van der Waals surface area (Å²) < 4.78 is 159. The van der Waals surface area contributed by atoms with Crippen molar-refractivity contribution in [3.05, 3.63) is 124 Å². The Balaban J connectivity index is 2.30. The predicted octanol–water partition coefficient (Wildman–Crippen LogP) is 8.23. The number of benzene rings is 3. The Kier molecular flexibility index (Phi) is 11.6. The predicted molar refractivity (Wildman–Crippen MR) is 177 cm³/mol. The van der Waals surface area contributed by atoms with E-state index in [1.54, 1.807) is 49.4 Å². The third-order valence-electron chi connectivity index (χ3n) is 9.24. The Morgan fingerprint density at radius 1 is 0.745 bits per heavy atom. The first-order valence-electron chi connectivity index (χ1n) is 16.2. The van der Waals surface area contributed by atoms with Crippen LogP contribution in [0.15, 0.2) is 60.4 Å². The molecule has 13 heteroatoms. The maximum Gasteiger partial charge on any atom is 0.259 e. The van der Waals surface area contributed by atoms with Gasteiger partial charge in [-0.1, -0.05) is 72.8 Å². The minimum absolute atomic E-state index is 0.0287. The molecule has 0 bridgehead atoms. The Labute approximate surface area is 290 Å². The van der Waals surface area contributed by atoms with Crippen molar-refractivity contribution in [1.82, 2.24) is 0 Å². The Bertz CT molecular complexity index is 1820. The van der Waals surface area contributed by atoms with Gasteiger partial charge >= 0.3 is 0 Å². The van der Waals surface area contributed by atoms with Gasteiger partial charge in [0.25, 0.3) is 6.35 Å². The van der Waals surface area contributed by atoms with Crippen molar-refractivity contribution in [3.8, 4) is 11.8 Å². The average Bonchev–Trinajstić information content (AvgIpc) is 3.06. The molecular formula is C38H36BF10NO. The van der Waals surface area contributed by atoms with Gasteiger partial charge in [-0.2, -0.15) is 0 Å². The van der Waals surface area contributed by atoms with E-state index in [0.717, 1.165) is 5.98 Å². The lowest BCUT2D eigenvalue weighted by Gasteiger charge is -2.51. The molecule has 0 radical (unpaired) electrons. The molecule has 3 aromatic carbocycles. The number of halogens is 10. The van der Waals surface area contributed by atoms with E-state index in [4.69, 9.17) is 4.65 Å². The number of hydrogen-bond acceptors (Lipinski definition) is 1. The van der Waals surface area contributed by atoms with E-state index < -0.39 is 92.3 Å². The molecule has 3 aromatic rings. The van der Waals surface area contributed by atoms with Gasteiger partial charge in [0, 0.05) is 25.7 Å². The number of rotatable bonds is 9. The Morgan fingerprint density at radius 2 is 1.18 bits per heavy atom. The third-order valence-corrected chi connectivity index (χ3v) is 9.24. The van der Waals surface area contributed by atoms with Gasteiger partial charge in [0.15, 0.2) is 34.9 Å². The van der Waals surface area contributed by atoms with Crippen molar-refractivity contribution < 1.29 is 53.5 Å². The molecule has 272 valence electrons. The summed E-state index contributed by atoms with van der Waals surface area (Å²) in [7, 11) is 0. The number of piperidine rings is 1. The minimum Gasteiger partial charge on any atom is -0.697 e. The molecule has 4 rings (SSSR count). The summed E-state index contributed by atoms with van der Waals surface area (Å²) >= 11 is 0. The van der Waals surface area contributed by atoms with Crippen molar-refractivity contribution in [3.63, 3.8) is 0 Å². The highest BCUT2D eigenvalue weighted by atomic mass is 19.2. The number of allylic oxidation sites excluding steroid dienone is 2. The summed E-state index contributed by atoms with van der Waals surface area (Å²) in [5.74, 6) is -21.2. The lowest BCUT2D eigenvalue weighted by atomic mass is 9.30. The van der Waals surface area contributed by atoms with E-state index in [0.29, 0.717) is 29.7 Å². The van der Waals surface area contributed by atoms with Crippen LogP contribution >= 0.6 is 0 Å². The summed E-state index contributed by atoms with van der Waals surface area (Å²) in [6.07, 6.45) is 0.0777. The van der Waals surface area contributed by atoms with Crippen LogP contribution in [0.25, 0.3) is 6.08 Å². The molecule has 1 heterocycles. The molecule has 0 spiro atoms. The molecule has 1 aliphatic rings. The van der Waals surface area contributed by atoms with Gasteiger partial charge in [-0.3, -0.25) is 0 Å². The van der Waals surface area contributed by atoms with E-state index >= 15 is 35.1 Å². The molecule has 0 atom stereocenters. The molecule has 1 aliphatic heterocycles. The standard InChI is InChI=1S/C38H35BF10NO/c1-7-8-14-22(2)51-39(25-27(40)31(44)35(48)32(45)28(25)41,26-29(42)33(46)36(49)34(47)30(26)43)21-24(18-12-17-23-15-10-9-11-16-23)50-37(3,4)19-13-20-38(50,5)6/h9-12,15-17,21H,2,7,13,18-20H2,1,3-6H3/q-1/p+1/b17-12+,24-21-. The number of likely N-dealkylation sites (tertiary alicyclic amines) is 1. The maximum absolute atomic E-state index is 16.1. The van der Waals surface area contributed by atoms with Crippen LogP contribution < -0.4 is 15.8 Å². The molecule has 1 N–H and O–H groups in total. The fourth-order valence-electron chi connectivity index (χ4n) is 7.33. The lowest BCUT2D eigenvalue weighted by Crippen LogP contribution is -3.25. The fourth-order valence-corrected chi connectivity index (χ4v) is 7.33. The number of nitrogens with one attached hydrogen (secondary N) is 1. The fraction of sp³-hybridized carbons (Fsp3) is 0.316. The molecule has 0 aromatic heterocycles. The van der Waals surface area contributed by atoms with Crippen molar-refractivity contribution in [2.24, 2.45) is 0 Å². The monoisotopic (exact) mass is 723 g/mol. The largest absolute Gasteiger partial charge is 0.697 e. The van der Waals surface area contributed by atoms with Crippen LogP contribution in [0.5, 0.6) is 0 Å². The topological polar surface area (TPSA) is 13.7 Å². The summed E-state index contributed by atoms with van der Waals surface area (Å²) in [6.45, 7) is 12.4. The summed E-state index contributed by atoms with van der Waals surface area (Å²) in [6, 6.07) is 8.76. The highest BCUT2D eigenvalue weighted by molar-refractivity contribution is 7.01. The molecule has 1 fully saturated rings. The first kappa shape index (κ1) is 39.4. The van der Waals surface area contributed by atoms with E-state index in [-0.39, 0.29) is 18.5 Å². The third kappa shape index (κ3) is 7.47. The quantitative estimate of drug-likeness (QED) is 0.0587. The Morgan fingerprint density at radius 3 is 1.61 bits per heavy atom. The van der Waals surface area contributed by atoms with Crippen LogP contribution in [0, 0.1) is 70.0 Å². The van der Waals surface area contributed by atoms with Gasteiger partial charge < -0.3 is 9.55 Å². The second-order valence-electron chi connectivity index (χ2n) is 13.7. The van der Waals surface area contributed by atoms with Crippen LogP contribution in [-0.2, 0) is 4.65 Å². The second kappa shape index (κ2) is 15.0. The zero-order valence-electron chi connectivity index (χ0n) is 28.6. The first-order valence-corrected chi connectivity index (χ1v) is 16.2. The van der Waals surface area contributed by atoms with Crippen LogP contribution in [0.2, 0.25) is 0 Å². The minimum atomic E-state index is -4.83. The normalized spacial score (nSPS) is 16.3. The highest BCUT2D eigenvalue weighted by Crippen LogP contribution is 2.30. The lowest BCUT2D eigenvalue weighted by molar-refractivity contribution is -0.966. The van der Waals surface area contributed by atoms with Crippen LogP contribution in [-0.4, -0.2) is 17.4 Å².